The van der Waals surface area contributed by atoms with Crippen molar-refractivity contribution in [1.82, 2.24) is 14.8 Å². The predicted molar refractivity (Wildman–Crippen MR) is 77.3 cm³/mol. The van der Waals surface area contributed by atoms with Gasteiger partial charge in [-0.3, -0.25) is 14.7 Å². The fourth-order valence-electron chi connectivity index (χ4n) is 2.38. The molecule has 0 aromatic carbocycles. The molecule has 1 N–H and O–H groups in total. The lowest BCUT2D eigenvalue weighted by Gasteiger charge is -2.33. The molecule has 1 fully saturated rings. The summed E-state index contributed by atoms with van der Waals surface area (Å²) in [5.41, 5.74) is 2.23. The number of nitrogens with zero attached hydrogens (tertiary/aromatic N) is 3. The smallest absolute Gasteiger partial charge is 0.236 e. The van der Waals surface area contributed by atoms with Gasteiger partial charge in [-0.1, -0.05) is 19.9 Å². The van der Waals surface area contributed by atoms with Gasteiger partial charge in [-0.05, 0) is 17.5 Å². The molecule has 1 saturated heterocycles. The Morgan fingerprint density at radius 3 is 2.70 bits per heavy atom. The maximum absolute atomic E-state index is 11.9. The van der Waals surface area contributed by atoms with E-state index in [1.165, 1.54) is 0 Å². The van der Waals surface area contributed by atoms with Crippen LogP contribution in [0.25, 0.3) is 0 Å². The number of carbonyl (C=O) groups is 1. The molecule has 1 aliphatic heterocycles. The predicted octanol–water partition coefficient (Wildman–Crippen LogP) is 0.841. The van der Waals surface area contributed by atoms with Crippen LogP contribution >= 0.6 is 0 Å². The third-order valence-electron chi connectivity index (χ3n) is 3.61. The number of hydrogen-bond donors (Lipinski definition) is 1. The Labute approximate surface area is 120 Å². The third kappa shape index (κ3) is 3.77. The van der Waals surface area contributed by atoms with Gasteiger partial charge >= 0.3 is 0 Å². The van der Waals surface area contributed by atoms with Crippen molar-refractivity contribution in [3.05, 3.63) is 29.6 Å². The molecule has 1 aromatic heterocycles. The van der Waals surface area contributed by atoms with Crippen LogP contribution < -0.4 is 0 Å². The maximum atomic E-state index is 11.9. The Bertz CT molecular complexity index is 445. The second-order valence-electron chi connectivity index (χ2n) is 5.56. The van der Waals surface area contributed by atoms with E-state index in [-0.39, 0.29) is 12.5 Å². The topological polar surface area (TPSA) is 56.7 Å². The summed E-state index contributed by atoms with van der Waals surface area (Å²) >= 11 is 0. The molecule has 5 nitrogen and oxygen atoms in total. The van der Waals surface area contributed by atoms with Crippen molar-refractivity contribution in [1.29, 1.82) is 0 Å². The Morgan fingerprint density at radius 2 is 2.15 bits per heavy atom. The Morgan fingerprint density at radius 1 is 1.35 bits per heavy atom. The van der Waals surface area contributed by atoms with E-state index in [2.05, 4.69) is 35.9 Å². The summed E-state index contributed by atoms with van der Waals surface area (Å²) < 4.78 is 0. The van der Waals surface area contributed by atoms with E-state index in [4.69, 9.17) is 5.11 Å². The Kier molecular flexibility index (Phi) is 5.09. The van der Waals surface area contributed by atoms with Gasteiger partial charge in [0.15, 0.2) is 0 Å². The molecule has 0 unspecified atom stereocenters. The van der Waals surface area contributed by atoms with E-state index in [9.17, 15) is 4.79 Å². The highest BCUT2D eigenvalue weighted by Crippen LogP contribution is 2.13. The van der Waals surface area contributed by atoms with Gasteiger partial charge in [0, 0.05) is 38.1 Å². The molecular weight excluding hydrogens is 254 g/mol. The summed E-state index contributed by atoms with van der Waals surface area (Å²) in [6.45, 7) is 7.44. The standard InChI is InChI=1S/C15H23N3O2/c1-12(2)14-4-3-13(9-16-14)10-17-5-6-18(7-8-19)15(20)11-17/h3-4,9,12,19H,5-8,10-11H2,1-2H3. The van der Waals surface area contributed by atoms with Crippen LogP contribution in [0.2, 0.25) is 0 Å². The average molecular weight is 277 g/mol. The molecule has 0 bridgehead atoms. The van der Waals surface area contributed by atoms with Gasteiger partial charge in [0.05, 0.1) is 13.2 Å². The van der Waals surface area contributed by atoms with Crippen molar-refractivity contribution in [3.63, 3.8) is 0 Å². The number of carbonyl (C=O) groups excluding carboxylic acids is 1. The first-order valence-electron chi connectivity index (χ1n) is 7.16. The number of aromatic nitrogens is 1. The third-order valence-corrected chi connectivity index (χ3v) is 3.61. The van der Waals surface area contributed by atoms with Crippen molar-refractivity contribution in [2.24, 2.45) is 0 Å². The van der Waals surface area contributed by atoms with Crippen molar-refractivity contribution in [3.8, 4) is 0 Å². The van der Waals surface area contributed by atoms with Crippen LogP contribution in [0, 0.1) is 0 Å². The summed E-state index contributed by atoms with van der Waals surface area (Å²) in [5.74, 6) is 0.532. The molecule has 0 atom stereocenters. The largest absolute Gasteiger partial charge is 0.395 e. The lowest BCUT2D eigenvalue weighted by molar-refractivity contribution is -0.136. The van der Waals surface area contributed by atoms with E-state index in [0.717, 1.165) is 24.3 Å². The molecule has 5 heteroatoms. The summed E-state index contributed by atoms with van der Waals surface area (Å²) in [6.07, 6.45) is 1.90. The molecule has 1 aliphatic rings. The van der Waals surface area contributed by atoms with Crippen LogP contribution in [0.15, 0.2) is 18.3 Å². The number of rotatable bonds is 5. The second kappa shape index (κ2) is 6.81. The monoisotopic (exact) mass is 277 g/mol. The van der Waals surface area contributed by atoms with E-state index in [0.29, 0.717) is 25.6 Å². The molecule has 2 rings (SSSR count). The summed E-state index contributed by atoms with van der Waals surface area (Å²) in [4.78, 5) is 20.2. The number of piperazine rings is 1. The minimum absolute atomic E-state index is 0.0341. The Balaban J connectivity index is 1.90. The molecule has 0 radical (unpaired) electrons. The van der Waals surface area contributed by atoms with Gasteiger partial charge in [-0.15, -0.1) is 0 Å². The summed E-state index contributed by atoms with van der Waals surface area (Å²) in [7, 11) is 0. The maximum Gasteiger partial charge on any atom is 0.236 e. The lowest BCUT2D eigenvalue weighted by Crippen LogP contribution is -2.50. The molecule has 0 aliphatic carbocycles. The Hall–Kier alpha value is -1.46. The zero-order valence-electron chi connectivity index (χ0n) is 12.2. The molecule has 1 amide bonds. The van der Waals surface area contributed by atoms with E-state index < -0.39 is 0 Å². The van der Waals surface area contributed by atoms with Crippen LogP contribution in [0.1, 0.15) is 31.0 Å². The molecular formula is C15H23N3O2. The molecule has 1 aromatic rings. The van der Waals surface area contributed by atoms with Crippen LogP contribution in [0.4, 0.5) is 0 Å². The van der Waals surface area contributed by atoms with Crippen molar-refractivity contribution >= 4 is 5.91 Å². The van der Waals surface area contributed by atoms with E-state index >= 15 is 0 Å². The fourth-order valence-corrected chi connectivity index (χ4v) is 2.38. The first kappa shape index (κ1) is 14.9. The van der Waals surface area contributed by atoms with Crippen LogP contribution in [-0.4, -0.2) is 58.6 Å². The number of amides is 1. The number of aliphatic hydroxyl groups excluding tert-OH is 1. The highest BCUT2D eigenvalue weighted by Gasteiger charge is 2.23. The number of aliphatic hydroxyl groups is 1. The molecule has 2 heterocycles. The zero-order valence-corrected chi connectivity index (χ0v) is 12.2. The molecule has 0 saturated carbocycles. The number of hydrogen-bond acceptors (Lipinski definition) is 4. The van der Waals surface area contributed by atoms with Gasteiger partial charge in [-0.2, -0.15) is 0 Å². The van der Waals surface area contributed by atoms with Gasteiger partial charge in [0.2, 0.25) is 5.91 Å². The minimum atomic E-state index is 0.0341. The van der Waals surface area contributed by atoms with Crippen LogP contribution in [0.5, 0.6) is 0 Å². The quantitative estimate of drug-likeness (QED) is 0.866. The molecule has 0 spiro atoms. The lowest BCUT2D eigenvalue weighted by atomic mass is 10.1. The minimum Gasteiger partial charge on any atom is -0.395 e. The number of pyridine rings is 1. The van der Waals surface area contributed by atoms with Gasteiger partial charge in [0.1, 0.15) is 0 Å². The number of β-amino-alcohol motifs (C(OH)–C–C–N with tert-alkyl or cyclic N) is 1. The normalized spacial score (nSPS) is 17.0. The second-order valence-corrected chi connectivity index (χ2v) is 5.56. The van der Waals surface area contributed by atoms with Gasteiger partial charge < -0.3 is 10.0 Å². The molecule has 110 valence electrons. The van der Waals surface area contributed by atoms with Gasteiger partial charge in [-0.25, -0.2) is 0 Å². The van der Waals surface area contributed by atoms with Gasteiger partial charge in [0.25, 0.3) is 0 Å². The zero-order chi connectivity index (χ0) is 14.5. The first-order valence-corrected chi connectivity index (χ1v) is 7.16. The fraction of sp³-hybridized carbons (Fsp3) is 0.600. The van der Waals surface area contributed by atoms with Crippen molar-refractivity contribution in [2.75, 3.05) is 32.8 Å². The average Bonchev–Trinajstić information content (AvgIpc) is 2.42. The van der Waals surface area contributed by atoms with Crippen LogP contribution in [-0.2, 0) is 11.3 Å². The van der Waals surface area contributed by atoms with Crippen molar-refractivity contribution < 1.29 is 9.90 Å². The summed E-state index contributed by atoms with van der Waals surface area (Å²) in [5, 5.41) is 8.89. The van der Waals surface area contributed by atoms with E-state index in [1.807, 2.05) is 6.20 Å². The summed E-state index contributed by atoms with van der Waals surface area (Å²) in [6, 6.07) is 4.15. The first-order chi connectivity index (χ1) is 9.60. The highest BCUT2D eigenvalue weighted by molar-refractivity contribution is 5.79. The highest BCUT2D eigenvalue weighted by atomic mass is 16.3. The SMILES string of the molecule is CC(C)c1ccc(CN2CCN(CCO)C(=O)C2)cn1. The van der Waals surface area contributed by atoms with Crippen LogP contribution in [0.3, 0.4) is 0 Å². The molecule has 20 heavy (non-hydrogen) atoms. The van der Waals surface area contributed by atoms with Crippen molar-refractivity contribution in [2.45, 2.75) is 26.3 Å². The van der Waals surface area contributed by atoms with E-state index in [1.54, 1.807) is 4.90 Å².